The minimum absolute atomic E-state index is 0.434. The van der Waals surface area contributed by atoms with Gasteiger partial charge in [-0.15, -0.1) is 11.3 Å². The van der Waals surface area contributed by atoms with Crippen molar-refractivity contribution in [2.45, 2.75) is 32.4 Å². The Morgan fingerprint density at radius 3 is 2.40 bits per heavy atom. The highest BCUT2D eigenvalue weighted by atomic mass is 79.9. The van der Waals surface area contributed by atoms with Gasteiger partial charge >= 0.3 is 12.1 Å². The van der Waals surface area contributed by atoms with E-state index < -0.39 is 23.7 Å². The molecule has 0 saturated heterocycles. The fourth-order valence-electron chi connectivity index (χ4n) is 1.42. The molecule has 0 fully saturated rings. The smallest absolute Gasteiger partial charge is 0.411 e. The van der Waals surface area contributed by atoms with Crippen molar-refractivity contribution in [3.05, 3.63) is 19.8 Å². The standard InChI is InChI=1S/C12H15BrClNO4S/c1-12(2,3)19-11(18)15(4)8(10(16)17)7-5-6(13)9(14)20-7/h5,8H,1-4H3,(H,16,17). The molecular weight excluding hydrogens is 370 g/mol. The number of carbonyl (C=O) groups excluding carboxylic acids is 1. The number of ether oxygens (including phenoxy) is 1. The van der Waals surface area contributed by atoms with E-state index in [2.05, 4.69) is 15.9 Å². The van der Waals surface area contributed by atoms with E-state index in [9.17, 15) is 14.7 Å². The number of amides is 1. The molecule has 0 saturated carbocycles. The van der Waals surface area contributed by atoms with Gasteiger partial charge in [-0.2, -0.15) is 0 Å². The molecule has 0 radical (unpaired) electrons. The Morgan fingerprint density at radius 1 is 1.50 bits per heavy atom. The van der Waals surface area contributed by atoms with E-state index in [-0.39, 0.29) is 0 Å². The highest BCUT2D eigenvalue weighted by molar-refractivity contribution is 9.10. The zero-order valence-corrected chi connectivity index (χ0v) is 14.6. The van der Waals surface area contributed by atoms with Crippen LogP contribution < -0.4 is 0 Å². The zero-order valence-electron chi connectivity index (χ0n) is 11.4. The van der Waals surface area contributed by atoms with E-state index in [0.29, 0.717) is 13.7 Å². The first-order chi connectivity index (χ1) is 9.03. The molecule has 1 atom stereocenters. The topological polar surface area (TPSA) is 66.8 Å². The van der Waals surface area contributed by atoms with Crippen LogP contribution in [0.3, 0.4) is 0 Å². The number of thiophene rings is 1. The van der Waals surface area contributed by atoms with Gasteiger partial charge in [0.2, 0.25) is 0 Å². The summed E-state index contributed by atoms with van der Waals surface area (Å²) in [4.78, 5) is 24.9. The van der Waals surface area contributed by atoms with Gasteiger partial charge in [-0.1, -0.05) is 11.6 Å². The number of hydrogen-bond acceptors (Lipinski definition) is 4. The lowest BCUT2D eigenvalue weighted by Gasteiger charge is -2.28. The van der Waals surface area contributed by atoms with Gasteiger partial charge in [-0.3, -0.25) is 4.90 Å². The average Bonchev–Trinajstić information content (AvgIpc) is 2.55. The second kappa shape index (κ2) is 6.32. The summed E-state index contributed by atoms with van der Waals surface area (Å²) >= 11 is 10.2. The number of hydrogen-bond donors (Lipinski definition) is 1. The summed E-state index contributed by atoms with van der Waals surface area (Å²) in [5, 5.41) is 9.34. The summed E-state index contributed by atoms with van der Waals surface area (Å²) in [6, 6.07) is 0.450. The molecule has 0 spiro atoms. The van der Waals surface area contributed by atoms with Gasteiger partial charge in [0.25, 0.3) is 0 Å². The summed E-state index contributed by atoms with van der Waals surface area (Å²) in [5.74, 6) is -1.15. The van der Waals surface area contributed by atoms with Crippen LogP contribution in [0, 0.1) is 0 Å². The quantitative estimate of drug-likeness (QED) is 0.850. The normalized spacial score (nSPS) is 12.9. The van der Waals surface area contributed by atoms with Crippen molar-refractivity contribution in [2.75, 3.05) is 7.05 Å². The molecule has 1 unspecified atom stereocenters. The third kappa shape index (κ3) is 4.36. The number of nitrogens with zero attached hydrogens (tertiary/aromatic N) is 1. The van der Waals surface area contributed by atoms with Gasteiger partial charge in [0, 0.05) is 16.4 Å². The third-order valence-electron chi connectivity index (χ3n) is 2.24. The molecule has 5 nitrogen and oxygen atoms in total. The second-order valence-electron chi connectivity index (χ2n) is 5.10. The number of carbonyl (C=O) groups is 2. The van der Waals surface area contributed by atoms with Crippen LogP contribution in [0.15, 0.2) is 10.5 Å². The highest BCUT2D eigenvalue weighted by Gasteiger charge is 2.33. The Morgan fingerprint density at radius 2 is 2.05 bits per heavy atom. The predicted octanol–water partition coefficient (Wildman–Crippen LogP) is 4.16. The van der Waals surface area contributed by atoms with E-state index in [1.165, 1.54) is 7.05 Å². The molecule has 1 N–H and O–H groups in total. The number of carboxylic acids is 1. The first-order valence-corrected chi connectivity index (χ1v) is 7.65. The van der Waals surface area contributed by atoms with Crippen LogP contribution >= 0.6 is 38.9 Å². The van der Waals surface area contributed by atoms with Crippen LogP contribution in [-0.2, 0) is 9.53 Å². The van der Waals surface area contributed by atoms with Crippen LogP contribution in [0.2, 0.25) is 4.34 Å². The lowest BCUT2D eigenvalue weighted by Crippen LogP contribution is -2.39. The molecule has 1 aromatic rings. The van der Waals surface area contributed by atoms with Gasteiger partial charge in [0.1, 0.15) is 9.94 Å². The minimum Gasteiger partial charge on any atom is -0.479 e. The second-order valence-corrected chi connectivity index (χ2v) is 7.64. The first kappa shape index (κ1) is 17.3. The van der Waals surface area contributed by atoms with Crippen LogP contribution in [0.1, 0.15) is 31.7 Å². The number of likely N-dealkylation sites (N-methyl/N-ethyl adjacent to an activating group) is 1. The van der Waals surface area contributed by atoms with Crippen LogP contribution in [0.5, 0.6) is 0 Å². The molecule has 8 heteroatoms. The Bertz CT molecular complexity index is 507. The summed E-state index contributed by atoms with van der Waals surface area (Å²) in [5.41, 5.74) is -0.692. The predicted molar refractivity (Wildman–Crippen MR) is 81.4 cm³/mol. The van der Waals surface area contributed by atoms with Crippen LogP contribution in [0.25, 0.3) is 0 Å². The van der Waals surface area contributed by atoms with Crippen LogP contribution in [0.4, 0.5) is 4.79 Å². The summed E-state index contributed by atoms with van der Waals surface area (Å²) in [7, 11) is 1.38. The van der Waals surface area contributed by atoms with Crippen molar-refractivity contribution in [1.82, 2.24) is 4.90 Å². The SMILES string of the molecule is CN(C(=O)OC(C)(C)C)C(C(=O)O)c1cc(Br)c(Cl)s1. The lowest BCUT2D eigenvalue weighted by molar-refractivity contribution is -0.142. The molecule has 1 heterocycles. The maximum absolute atomic E-state index is 12.0. The number of aliphatic carboxylic acids is 1. The largest absolute Gasteiger partial charge is 0.479 e. The zero-order chi connectivity index (χ0) is 15.7. The Kier molecular flexibility index (Phi) is 5.46. The van der Waals surface area contributed by atoms with Crippen molar-refractivity contribution in [3.63, 3.8) is 0 Å². The minimum atomic E-state index is -1.15. The van der Waals surface area contributed by atoms with Gasteiger partial charge in [0.05, 0.1) is 0 Å². The fraction of sp³-hybridized carbons (Fsp3) is 0.500. The summed E-state index contributed by atoms with van der Waals surface area (Å²) in [6.07, 6.45) is -0.703. The highest BCUT2D eigenvalue weighted by Crippen LogP contribution is 2.37. The number of halogens is 2. The fourth-order valence-corrected chi connectivity index (χ4v) is 3.29. The molecule has 0 aromatic carbocycles. The van der Waals surface area contributed by atoms with E-state index in [1.54, 1.807) is 26.8 Å². The molecule has 1 amide bonds. The molecule has 0 aliphatic heterocycles. The molecule has 0 aliphatic carbocycles. The van der Waals surface area contributed by atoms with Gasteiger partial charge in [-0.25, -0.2) is 9.59 Å². The molecule has 20 heavy (non-hydrogen) atoms. The van der Waals surface area contributed by atoms with Crippen molar-refractivity contribution < 1.29 is 19.4 Å². The van der Waals surface area contributed by atoms with Crippen molar-refractivity contribution in [3.8, 4) is 0 Å². The van der Waals surface area contributed by atoms with Crippen molar-refractivity contribution in [2.24, 2.45) is 0 Å². The van der Waals surface area contributed by atoms with Gasteiger partial charge in [-0.05, 0) is 42.8 Å². The Balaban J connectivity index is 3.02. The van der Waals surface area contributed by atoms with E-state index in [4.69, 9.17) is 16.3 Å². The van der Waals surface area contributed by atoms with Crippen molar-refractivity contribution in [1.29, 1.82) is 0 Å². The first-order valence-electron chi connectivity index (χ1n) is 5.66. The van der Waals surface area contributed by atoms with Gasteiger partial charge < -0.3 is 9.84 Å². The number of carboxylic acid groups (broad SMARTS) is 1. The van der Waals surface area contributed by atoms with E-state index in [0.717, 1.165) is 16.2 Å². The summed E-state index contributed by atoms with van der Waals surface area (Å²) < 4.78 is 6.21. The maximum atomic E-state index is 12.0. The average molecular weight is 385 g/mol. The molecular formula is C12H15BrClNO4S. The molecule has 112 valence electrons. The van der Waals surface area contributed by atoms with Gasteiger partial charge in [0.15, 0.2) is 6.04 Å². The maximum Gasteiger partial charge on any atom is 0.411 e. The van der Waals surface area contributed by atoms with E-state index >= 15 is 0 Å². The van der Waals surface area contributed by atoms with Crippen molar-refractivity contribution >= 4 is 50.9 Å². The molecule has 1 aromatic heterocycles. The van der Waals surface area contributed by atoms with Crippen LogP contribution in [-0.4, -0.2) is 34.7 Å². The third-order valence-corrected chi connectivity index (χ3v) is 4.76. The Labute approximate surface area is 134 Å². The molecule has 0 aliphatic rings. The molecule has 1 rings (SSSR count). The summed E-state index contributed by atoms with van der Waals surface area (Å²) in [6.45, 7) is 5.15. The lowest BCUT2D eigenvalue weighted by atomic mass is 10.2. The monoisotopic (exact) mass is 383 g/mol. The molecule has 0 bridgehead atoms. The van der Waals surface area contributed by atoms with E-state index in [1.807, 2.05) is 0 Å². The Hall–Kier alpha value is -0.790. The number of rotatable bonds is 3.